The third-order valence-corrected chi connectivity index (χ3v) is 4.01. The highest BCUT2D eigenvalue weighted by molar-refractivity contribution is 7.90. The van der Waals surface area contributed by atoms with Crippen LogP contribution in [-0.4, -0.2) is 26.4 Å². The van der Waals surface area contributed by atoms with E-state index in [9.17, 15) is 17.9 Å². The van der Waals surface area contributed by atoms with E-state index in [0.29, 0.717) is 11.3 Å². The Labute approximate surface area is 122 Å². The summed E-state index contributed by atoms with van der Waals surface area (Å²) >= 11 is 0. The minimum absolute atomic E-state index is 0.0567. The molecule has 0 spiro atoms. The molecule has 0 aromatic heterocycles. The van der Waals surface area contributed by atoms with Gasteiger partial charge in [-0.05, 0) is 35.9 Å². The fraction of sp³-hybridized carbons (Fsp3) is 0.200. The lowest BCUT2D eigenvalue weighted by Crippen LogP contribution is -2.10. The Hall–Kier alpha value is -1.92. The number of rotatable bonds is 5. The fourth-order valence-corrected chi connectivity index (χ4v) is 2.41. The third kappa shape index (κ3) is 4.27. The Balaban J connectivity index is 2.04. The van der Waals surface area contributed by atoms with E-state index in [-0.39, 0.29) is 17.3 Å². The van der Waals surface area contributed by atoms with Gasteiger partial charge in [-0.15, -0.1) is 0 Å². The van der Waals surface area contributed by atoms with Crippen molar-refractivity contribution >= 4 is 9.84 Å². The molecule has 6 heteroatoms. The topological polar surface area (TPSA) is 63.6 Å². The van der Waals surface area contributed by atoms with E-state index in [1.165, 1.54) is 36.4 Å². The van der Waals surface area contributed by atoms with E-state index in [4.69, 9.17) is 4.74 Å². The highest BCUT2D eigenvalue weighted by Crippen LogP contribution is 2.20. The summed E-state index contributed by atoms with van der Waals surface area (Å²) in [5, 5.41) is 9.94. The van der Waals surface area contributed by atoms with Crippen LogP contribution in [0.3, 0.4) is 0 Å². The SMILES string of the molecule is CS(=O)(=O)c1cccc(OCC(O)c2ccc(F)cc2)c1. The molecule has 0 saturated carbocycles. The zero-order valence-electron chi connectivity index (χ0n) is 11.4. The van der Waals surface area contributed by atoms with Crippen LogP contribution in [0.25, 0.3) is 0 Å². The summed E-state index contributed by atoms with van der Waals surface area (Å²) in [6.07, 6.45) is 0.187. The molecule has 2 aromatic rings. The Bertz CT molecular complexity index is 711. The van der Waals surface area contributed by atoms with Crippen LogP contribution in [0, 0.1) is 5.82 Å². The molecule has 0 aliphatic rings. The molecule has 21 heavy (non-hydrogen) atoms. The summed E-state index contributed by atoms with van der Waals surface area (Å²) in [7, 11) is -3.30. The second-order valence-corrected chi connectivity index (χ2v) is 6.64. The molecule has 0 saturated heterocycles. The molecule has 2 aromatic carbocycles. The molecule has 2 rings (SSSR count). The molecule has 1 atom stereocenters. The normalized spacial score (nSPS) is 12.9. The predicted molar refractivity (Wildman–Crippen MR) is 76.4 cm³/mol. The summed E-state index contributed by atoms with van der Waals surface area (Å²) in [5.74, 6) is -0.0354. The lowest BCUT2D eigenvalue weighted by molar-refractivity contribution is 0.108. The standard InChI is InChI=1S/C15H15FO4S/c1-21(18,19)14-4-2-3-13(9-14)20-10-15(17)11-5-7-12(16)8-6-11/h2-9,15,17H,10H2,1H3. The van der Waals surface area contributed by atoms with Gasteiger partial charge in [-0.1, -0.05) is 18.2 Å². The number of hydrogen-bond donors (Lipinski definition) is 1. The first-order chi connectivity index (χ1) is 9.86. The first-order valence-electron chi connectivity index (χ1n) is 6.23. The maximum Gasteiger partial charge on any atom is 0.175 e. The molecular weight excluding hydrogens is 295 g/mol. The van der Waals surface area contributed by atoms with Crippen molar-refractivity contribution in [1.82, 2.24) is 0 Å². The van der Waals surface area contributed by atoms with Gasteiger partial charge in [-0.3, -0.25) is 0 Å². The van der Waals surface area contributed by atoms with Gasteiger partial charge in [0.2, 0.25) is 0 Å². The van der Waals surface area contributed by atoms with Gasteiger partial charge in [0.05, 0.1) is 4.90 Å². The molecule has 0 fully saturated rings. The van der Waals surface area contributed by atoms with Crippen LogP contribution in [-0.2, 0) is 9.84 Å². The van der Waals surface area contributed by atoms with Crippen LogP contribution >= 0.6 is 0 Å². The van der Waals surface area contributed by atoms with Crippen molar-refractivity contribution in [2.24, 2.45) is 0 Å². The molecule has 0 amide bonds. The van der Waals surface area contributed by atoms with Crippen molar-refractivity contribution in [3.8, 4) is 5.75 Å². The van der Waals surface area contributed by atoms with E-state index in [2.05, 4.69) is 0 Å². The van der Waals surface area contributed by atoms with Gasteiger partial charge in [0.25, 0.3) is 0 Å². The average Bonchev–Trinajstić information content (AvgIpc) is 2.45. The van der Waals surface area contributed by atoms with E-state index in [1.54, 1.807) is 12.1 Å². The number of hydrogen-bond acceptors (Lipinski definition) is 4. The van der Waals surface area contributed by atoms with E-state index in [1.807, 2.05) is 0 Å². The Morgan fingerprint density at radius 2 is 1.86 bits per heavy atom. The number of benzene rings is 2. The number of halogens is 1. The molecule has 112 valence electrons. The summed E-state index contributed by atoms with van der Waals surface area (Å²) in [6, 6.07) is 11.5. The van der Waals surface area contributed by atoms with Crippen molar-refractivity contribution in [2.45, 2.75) is 11.0 Å². The van der Waals surface area contributed by atoms with Gasteiger partial charge in [-0.25, -0.2) is 12.8 Å². The maximum absolute atomic E-state index is 12.8. The summed E-state index contributed by atoms with van der Waals surface area (Å²) in [5.41, 5.74) is 0.524. The monoisotopic (exact) mass is 310 g/mol. The quantitative estimate of drug-likeness (QED) is 0.920. The summed E-state index contributed by atoms with van der Waals surface area (Å²) in [4.78, 5) is 0.149. The van der Waals surface area contributed by atoms with Crippen molar-refractivity contribution < 1.29 is 22.7 Å². The number of sulfone groups is 1. The van der Waals surface area contributed by atoms with Gasteiger partial charge in [-0.2, -0.15) is 0 Å². The lowest BCUT2D eigenvalue weighted by atomic mass is 10.1. The van der Waals surface area contributed by atoms with Crippen LogP contribution in [0.4, 0.5) is 4.39 Å². The molecular formula is C15H15FO4S. The molecule has 1 unspecified atom stereocenters. The minimum Gasteiger partial charge on any atom is -0.490 e. The molecule has 0 radical (unpaired) electrons. The lowest BCUT2D eigenvalue weighted by Gasteiger charge is -2.13. The predicted octanol–water partition coefficient (Wildman–Crippen LogP) is 2.34. The zero-order chi connectivity index (χ0) is 15.5. The maximum atomic E-state index is 12.8. The first kappa shape index (κ1) is 15.5. The van der Waals surface area contributed by atoms with Crippen LogP contribution in [0.15, 0.2) is 53.4 Å². The minimum atomic E-state index is -3.30. The van der Waals surface area contributed by atoms with Crippen molar-refractivity contribution in [1.29, 1.82) is 0 Å². The number of aliphatic hydroxyl groups is 1. The van der Waals surface area contributed by atoms with E-state index in [0.717, 1.165) is 6.26 Å². The van der Waals surface area contributed by atoms with Gasteiger partial charge >= 0.3 is 0 Å². The molecule has 1 N–H and O–H groups in total. The van der Waals surface area contributed by atoms with Crippen LogP contribution < -0.4 is 4.74 Å². The summed E-state index contributed by atoms with van der Waals surface area (Å²) < 4.78 is 41.0. The average molecular weight is 310 g/mol. The van der Waals surface area contributed by atoms with Crippen molar-refractivity contribution in [3.63, 3.8) is 0 Å². The molecule has 4 nitrogen and oxygen atoms in total. The first-order valence-corrected chi connectivity index (χ1v) is 8.12. The second kappa shape index (κ2) is 6.24. The Morgan fingerprint density at radius 3 is 2.48 bits per heavy atom. The molecule has 0 bridgehead atoms. The van der Waals surface area contributed by atoms with Crippen LogP contribution in [0.1, 0.15) is 11.7 Å². The smallest absolute Gasteiger partial charge is 0.175 e. The number of ether oxygens (including phenoxy) is 1. The highest BCUT2D eigenvalue weighted by Gasteiger charge is 2.11. The van der Waals surface area contributed by atoms with Crippen molar-refractivity contribution in [3.05, 3.63) is 59.9 Å². The number of aliphatic hydroxyl groups excluding tert-OH is 1. The van der Waals surface area contributed by atoms with Gasteiger partial charge in [0.1, 0.15) is 24.3 Å². The van der Waals surface area contributed by atoms with E-state index < -0.39 is 15.9 Å². The van der Waals surface area contributed by atoms with E-state index >= 15 is 0 Å². The van der Waals surface area contributed by atoms with Gasteiger partial charge < -0.3 is 9.84 Å². The second-order valence-electron chi connectivity index (χ2n) is 4.63. The largest absolute Gasteiger partial charge is 0.490 e. The van der Waals surface area contributed by atoms with Gasteiger partial charge in [0.15, 0.2) is 9.84 Å². The molecule has 0 aliphatic carbocycles. The van der Waals surface area contributed by atoms with Crippen LogP contribution in [0.5, 0.6) is 5.75 Å². The Morgan fingerprint density at radius 1 is 1.19 bits per heavy atom. The molecule has 0 heterocycles. The summed E-state index contributed by atoms with van der Waals surface area (Å²) in [6.45, 7) is -0.0567. The fourth-order valence-electron chi connectivity index (χ4n) is 1.75. The zero-order valence-corrected chi connectivity index (χ0v) is 12.2. The van der Waals surface area contributed by atoms with Gasteiger partial charge in [0, 0.05) is 6.26 Å². The van der Waals surface area contributed by atoms with Crippen molar-refractivity contribution in [2.75, 3.05) is 12.9 Å². The van der Waals surface area contributed by atoms with Crippen LogP contribution in [0.2, 0.25) is 0 Å². The third-order valence-electron chi connectivity index (χ3n) is 2.90. The molecule has 0 aliphatic heterocycles. The highest BCUT2D eigenvalue weighted by atomic mass is 32.2. The Kier molecular flexibility index (Phi) is 4.59.